The van der Waals surface area contributed by atoms with Gasteiger partial charge in [-0.15, -0.1) is 0 Å². The van der Waals surface area contributed by atoms with Crippen LogP contribution >= 0.6 is 0 Å². The maximum atomic E-state index is 12.8. The summed E-state index contributed by atoms with van der Waals surface area (Å²) in [5.41, 5.74) is 0.431. The van der Waals surface area contributed by atoms with Crippen molar-refractivity contribution < 1.29 is 23.5 Å². The number of esters is 1. The summed E-state index contributed by atoms with van der Waals surface area (Å²) in [7, 11) is 0. The highest BCUT2D eigenvalue weighted by molar-refractivity contribution is 5.94. The van der Waals surface area contributed by atoms with E-state index in [9.17, 15) is 18.8 Å². The average molecular weight is 378 g/mol. The first-order valence-electron chi connectivity index (χ1n) is 9.50. The minimum atomic E-state index is -0.537. The fourth-order valence-electron chi connectivity index (χ4n) is 3.20. The Hall–Kier alpha value is -2.44. The molecule has 0 bridgehead atoms. The van der Waals surface area contributed by atoms with Crippen molar-refractivity contribution in [2.45, 2.75) is 51.4 Å². The third-order valence-electron chi connectivity index (χ3n) is 4.66. The van der Waals surface area contributed by atoms with E-state index in [4.69, 9.17) is 4.74 Å². The number of hydrogen-bond donors (Lipinski definition) is 2. The quantitative estimate of drug-likeness (QED) is 0.647. The zero-order valence-corrected chi connectivity index (χ0v) is 15.5. The molecule has 27 heavy (non-hydrogen) atoms. The Morgan fingerprint density at radius 1 is 1.04 bits per heavy atom. The molecule has 148 valence electrons. The van der Waals surface area contributed by atoms with E-state index in [0.717, 1.165) is 18.8 Å². The van der Waals surface area contributed by atoms with Crippen LogP contribution < -0.4 is 10.6 Å². The van der Waals surface area contributed by atoms with Crippen LogP contribution in [-0.4, -0.2) is 30.9 Å². The molecule has 2 amide bonds. The molecule has 0 saturated heterocycles. The Morgan fingerprint density at radius 2 is 1.74 bits per heavy atom. The molecule has 1 aliphatic carbocycles. The number of benzene rings is 1. The van der Waals surface area contributed by atoms with Crippen molar-refractivity contribution in [3.05, 3.63) is 30.1 Å². The summed E-state index contributed by atoms with van der Waals surface area (Å²) in [5.74, 6) is -1.06. The SMILES string of the molecule is O=C(COC(=O)CCCC1CCCCC1)NCC(=O)Nc1ccc(F)cc1. The van der Waals surface area contributed by atoms with E-state index in [1.807, 2.05) is 0 Å². The summed E-state index contributed by atoms with van der Waals surface area (Å²) in [6.07, 6.45) is 8.50. The molecule has 1 saturated carbocycles. The summed E-state index contributed by atoms with van der Waals surface area (Å²) >= 11 is 0. The number of rotatable bonds is 9. The van der Waals surface area contributed by atoms with Crippen LogP contribution in [0.2, 0.25) is 0 Å². The number of carbonyl (C=O) groups excluding carboxylic acids is 3. The largest absolute Gasteiger partial charge is 0.456 e. The third-order valence-corrected chi connectivity index (χ3v) is 4.66. The van der Waals surface area contributed by atoms with Crippen LogP contribution in [0.5, 0.6) is 0 Å². The Balaban J connectivity index is 1.53. The normalized spacial score (nSPS) is 14.4. The van der Waals surface area contributed by atoms with Gasteiger partial charge in [0.1, 0.15) is 5.82 Å². The second-order valence-electron chi connectivity index (χ2n) is 6.89. The van der Waals surface area contributed by atoms with Crippen LogP contribution in [0.25, 0.3) is 0 Å². The summed E-state index contributed by atoms with van der Waals surface area (Å²) in [6, 6.07) is 5.29. The monoisotopic (exact) mass is 378 g/mol. The molecule has 0 radical (unpaired) electrons. The van der Waals surface area contributed by atoms with Crippen LogP contribution in [0.3, 0.4) is 0 Å². The van der Waals surface area contributed by atoms with Gasteiger partial charge >= 0.3 is 5.97 Å². The molecule has 6 nitrogen and oxygen atoms in total. The van der Waals surface area contributed by atoms with Crippen molar-refractivity contribution in [1.29, 1.82) is 0 Å². The van der Waals surface area contributed by atoms with E-state index in [1.54, 1.807) is 0 Å². The highest BCUT2D eigenvalue weighted by Gasteiger charge is 2.14. The number of carbonyl (C=O) groups is 3. The molecule has 1 aromatic carbocycles. The summed E-state index contributed by atoms with van der Waals surface area (Å²) in [6.45, 7) is -0.651. The van der Waals surface area contributed by atoms with Crippen LogP contribution in [0, 0.1) is 11.7 Å². The van der Waals surface area contributed by atoms with Gasteiger partial charge in [0.05, 0.1) is 6.54 Å². The summed E-state index contributed by atoms with van der Waals surface area (Å²) in [5, 5.41) is 4.90. The second kappa shape index (κ2) is 11.3. The van der Waals surface area contributed by atoms with Gasteiger partial charge in [-0.25, -0.2) is 4.39 Å². The molecular weight excluding hydrogens is 351 g/mol. The minimum Gasteiger partial charge on any atom is -0.456 e. The van der Waals surface area contributed by atoms with Gasteiger partial charge in [-0.2, -0.15) is 0 Å². The molecule has 1 aliphatic rings. The van der Waals surface area contributed by atoms with E-state index < -0.39 is 30.2 Å². The number of nitrogens with one attached hydrogen (secondary N) is 2. The molecule has 2 N–H and O–H groups in total. The fourth-order valence-corrected chi connectivity index (χ4v) is 3.20. The van der Waals surface area contributed by atoms with Crippen molar-refractivity contribution in [3.8, 4) is 0 Å². The van der Waals surface area contributed by atoms with Crippen molar-refractivity contribution in [3.63, 3.8) is 0 Å². The highest BCUT2D eigenvalue weighted by Crippen LogP contribution is 2.27. The first-order valence-corrected chi connectivity index (χ1v) is 9.50. The average Bonchev–Trinajstić information content (AvgIpc) is 2.67. The lowest BCUT2D eigenvalue weighted by Gasteiger charge is -2.20. The zero-order valence-electron chi connectivity index (χ0n) is 15.5. The van der Waals surface area contributed by atoms with Gasteiger partial charge in [-0.05, 0) is 43.0 Å². The number of halogens is 1. The Kier molecular flexibility index (Phi) is 8.74. The Labute approximate surface area is 158 Å². The number of anilines is 1. The Morgan fingerprint density at radius 3 is 2.44 bits per heavy atom. The molecule has 0 atom stereocenters. The highest BCUT2D eigenvalue weighted by atomic mass is 19.1. The molecule has 0 aromatic heterocycles. The molecule has 1 fully saturated rings. The first-order chi connectivity index (χ1) is 13.0. The molecule has 1 aromatic rings. The van der Waals surface area contributed by atoms with Gasteiger partial charge in [-0.1, -0.05) is 32.1 Å². The van der Waals surface area contributed by atoms with E-state index in [1.165, 1.54) is 56.4 Å². The first kappa shape index (κ1) is 20.9. The lowest BCUT2D eigenvalue weighted by molar-refractivity contribution is -0.148. The van der Waals surface area contributed by atoms with Crippen molar-refractivity contribution >= 4 is 23.5 Å². The van der Waals surface area contributed by atoms with Crippen molar-refractivity contribution in [2.75, 3.05) is 18.5 Å². The molecule has 7 heteroatoms. The smallest absolute Gasteiger partial charge is 0.306 e. The number of hydrogen-bond acceptors (Lipinski definition) is 4. The predicted octanol–water partition coefficient (Wildman–Crippen LogP) is 3.17. The van der Waals surface area contributed by atoms with Gasteiger partial charge in [0.2, 0.25) is 5.91 Å². The van der Waals surface area contributed by atoms with Crippen molar-refractivity contribution in [1.82, 2.24) is 5.32 Å². The molecular formula is C20H27FN2O4. The number of amides is 2. The van der Waals surface area contributed by atoms with E-state index in [-0.39, 0.29) is 6.54 Å². The zero-order chi connectivity index (χ0) is 19.5. The molecule has 0 unspecified atom stereocenters. The molecule has 2 rings (SSSR count). The second-order valence-corrected chi connectivity index (χ2v) is 6.89. The van der Waals surface area contributed by atoms with Gasteiger partial charge in [0.25, 0.3) is 5.91 Å². The Bertz CT molecular complexity index is 627. The summed E-state index contributed by atoms with van der Waals surface area (Å²) < 4.78 is 17.7. The van der Waals surface area contributed by atoms with E-state index in [0.29, 0.717) is 12.1 Å². The van der Waals surface area contributed by atoms with Crippen LogP contribution in [0.4, 0.5) is 10.1 Å². The van der Waals surface area contributed by atoms with Gasteiger partial charge < -0.3 is 15.4 Å². The van der Waals surface area contributed by atoms with Crippen LogP contribution in [0.15, 0.2) is 24.3 Å². The van der Waals surface area contributed by atoms with Crippen LogP contribution in [0.1, 0.15) is 51.4 Å². The predicted molar refractivity (Wildman–Crippen MR) is 99.4 cm³/mol. The minimum absolute atomic E-state index is 0.255. The molecule has 0 spiro atoms. The summed E-state index contributed by atoms with van der Waals surface area (Å²) in [4.78, 5) is 35.0. The standard InChI is InChI=1S/C20H27FN2O4/c21-16-9-11-17(12-10-16)23-18(24)13-22-19(25)14-27-20(26)8-4-7-15-5-2-1-3-6-15/h9-12,15H,1-8,13-14H2,(H,22,25)(H,23,24). The third kappa shape index (κ3) is 8.66. The van der Waals surface area contributed by atoms with E-state index >= 15 is 0 Å². The van der Waals surface area contributed by atoms with Gasteiger partial charge in [0, 0.05) is 12.1 Å². The van der Waals surface area contributed by atoms with Gasteiger partial charge in [0.15, 0.2) is 6.61 Å². The maximum Gasteiger partial charge on any atom is 0.306 e. The molecule has 0 heterocycles. The topological polar surface area (TPSA) is 84.5 Å². The van der Waals surface area contributed by atoms with Gasteiger partial charge in [-0.3, -0.25) is 14.4 Å². The molecule has 0 aliphatic heterocycles. The fraction of sp³-hybridized carbons (Fsp3) is 0.550. The van der Waals surface area contributed by atoms with Crippen LogP contribution in [-0.2, 0) is 19.1 Å². The lowest BCUT2D eigenvalue weighted by Crippen LogP contribution is -2.35. The maximum absolute atomic E-state index is 12.8. The van der Waals surface area contributed by atoms with E-state index in [2.05, 4.69) is 10.6 Å². The number of ether oxygens (including phenoxy) is 1. The lowest BCUT2D eigenvalue weighted by atomic mass is 9.86. The van der Waals surface area contributed by atoms with Crippen molar-refractivity contribution in [2.24, 2.45) is 5.92 Å².